The van der Waals surface area contributed by atoms with E-state index in [9.17, 15) is 39.0 Å². The van der Waals surface area contributed by atoms with Crippen molar-refractivity contribution in [2.45, 2.75) is 10.5 Å². The molecule has 0 amide bonds. The SMILES string of the molecule is C[n+]1cc[nH]c1.O=S(=O)([O-])C(F)(F)C(F)(F)S(=O)(=O)O. The molecule has 14 heteroatoms. The van der Waals surface area contributed by atoms with Gasteiger partial charge in [-0.2, -0.15) is 26.0 Å². The van der Waals surface area contributed by atoms with E-state index in [4.69, 9.17) is 4.55 Å². The van der Waals surface area contributed by atoms with Gasteiger partial charge in [0, 0.05) is 0 Å². The summed E-state index contributed by atoms with van der Waals surface area (Å²) in [6.07, 6.45) is 5.69. The van der Waals surface area contributed by atoms with Gasteiger partial charge in [-0.25, -0.2) is 13.0 Å². The second kappa shape index (κ2) is 5.63. The third-order valence-electron chi connectivity index (χ3n) is 1.66. The lowest BCUT2D eigenvalue weighted by molar-refractivity contribution is -0.670. The molecule has 118 valence electrons. The molecule has 0 aliphatic heterocycles. The average molecular weight is 344 g/mol. The fraction of sp³-hybridized carbons (Fsp3) is 0.500. The van der Waals surface area contributed by atoms with Crippen molar-refractivity contribution in [2.24, 2.45) is 7.05 Å². The molecule has 0 spiro atoms. The first-order chi connectivity index (χ1) is 8.64. The lowest BCUT2D eigenvalue weighted by Crippen LogP contribution is -2.51. The first-order valence-corrected chi connectivity index (χ1v) is 7.15. The number of rotatable bonds is 3. The van der Waals surface area contributed by atoms with E-state index in [1.54, 1.807) is 0 Å². The van der Waals surface area contributed by atoms with Crippen LogP contribution in [0.15, 0.2) is 18.7 Å². The highest BCUT2D eigenvalue weighted by Gasteiger charge is 2.70. The molecule has 0 atom stereocenters. The maximum absolute atomic E-state index is 12.0. The Balaban J connectivity index is 0.000000493. The van der Waals surface area contributed by atoms with E-state index in [1.807, 2.05) is 30.3 Å². The fourth-order valence-corrected chi connectivity index (χ4v) is 1.87. The number of alkyl halides is 4. The topological polar surface area (TPSA) is 131 Å². The highest BCUT2D eigenvalue weighted by molar-refractivity contribution is 7.91. The normalized spacial score (nSPS) is 13.6. The van der Waals surface area contributed by atoms with Crippen LogP contribution in [-0.2, 0) is 27.3 Å². The van der Waals surface area contributed by atoms with Crippen LogP contribution in [0.1, 0.15) is 0 Å². The van der Waals surface area contributed by atoms with Gasteiger partial charge in [0.25, 0.3) is 0 Å². The molecule has 1 aromatic rings. The van der Waals surface area contributed by atoms with E-state index in [0.717, 1.165) is 0 Å². The predicted octanol–water partition coefficient (Wildman–Crippen LogP) is -0.556. The minimum atomic E-state index is -6.92. The zero-order chi connectivity index (χ0) is 16.4. The van der Waals surface area contributed by atoms with E-state index in [-0.39, 0.29) is 0 Å². The summed E-state index contributed by atoms with van der Waals surface area (Å²) in [5.74, 6) is 0. The third kappa shape index (κ3) is 3.87. The molecule has 0 unspecified atom stereocenters. The summed E-state index contributed by atoms with van der Waals surface area (Å²) in [6.45, 7) is 0. The Morgan fingerprint density at radius 2 is 1.60 bits per heavy atom. The molecule has 0 fully saturated rings. The Morgan fingerprint density at radius 3 is 1.70 bits per heavy atom. The number of nitrogens with zero attached hydrogens (tertiary/aromatic N) is 1. The lowest BCUT2D eigenvalue weighted by atomic mass is 10.7. The van der Waals surface area contributed by atoms with Crippen LogP contribution < -0.4 is 4.57 Å². The Hall–Kier alpha value is -1.25. The summed E-state index contributed by atoms with van der Waals surface area (Å²) in [6, 6.07) is 0. The number of aromatic amines is 1. The Labute approximate surface area is 110 Å². The number of hydrogen-bond acceptors (Lipinski definition) is 5. The van der Waals surface area contributed by atoms with Crippen LogP contribution in [0.5, 0.6) is 0 Å². The van der Waals surface area contributed by atoms with E-state index in [1.165, 1.54) is 0 Å². The van der Waals surface area contributed by atoms with Crippen LogP contribution in [0.25, 0.3) is 0 Å². The second-order valence-electron chi connectivity index (χ2n) is 3.24. The highest BCUT2D eigenvalue weighted by Crippen LogP contribution is 2.41. The molecule has 8 nitrogen and oxygen atoms in total. The standard InChI is InChI=1S/C4H6N2.C2H2F4O6S2/c1-6-3-2-5-4-6;3-1(4,13(7,8)9)2(5,6)14(10,11)12/h2-4H,1H3;(H,7,8,9)(H,10,11,12). The summed E-state index contributed by atoms with van der Waals surface area (Å²) in [7, 11) is -11.7. The van der Waals surface area contributed by atoms with Crippen molar-refractivity contribution in [3.05, 3.63) is 18.7 Å². The molecule has 20 heavy (non-hydrogen) atoms. The summed E-state index contributed by atoms with van der Waals surface area (Å²) in [5, 5.41) is -12.8. The van der Waals surface area contributed by atoms with Crippen molar-refractivity contribution in [3.8, 4) is 0 Å². The Bertz CT molecular complexity index is 597. The van der Waals surface area contributed by atoms with Crippen LogP contribution in [0.2, 0.25) is 0 Å². The maximum atomic E-state index is 12.0. The van der Waals surface area contributed by atoms with Crippen LogP contribution in [0.3, 0.4) is 0 Å². The number of hydrogen-bond donors (Lipinski definition) is 2. The molecule has 0 saturated carbocycles. The first kappa shape index (κ1) is 18.8. The maximum Gasteiger partial charge on any atom is 0.445 e. The number of imidazole rings is 1. The van der Waals surface area contributed by atoms with Gasteiger partial charge in [-0.05, 0) is 0 Å². The van der Waals surface area contributed by atoms with Crippen molar-refractivity contribution in [2.75, 3.05) is 0 Å². The van der Waals surface area contributed by atoms with Crippen LogP contribution >= 0.6 is 0 Å². The average Bonchev–Trinajstić information content (AvgIpc) is 2.66. The van der Waals surface area contributed by atoms with E-state index < -0.39 is 30.7 Å². The molecule has 0 aliphatic carbocycles. The molecule has 0 bridgehead atoms. The Morgan fingerprint density at radius 1 is 1.15 bits per heavy atom. The summed E-state index contributed by atoms with van der Waals surface area (Å²) in [5.41, 5.74) is 0. The smallest absolute Gasteiger partial charge is 0.445 e. The van der Waals surface area contributed by atoms with Crippen molar-refractivity contribution in [3.63, 3.8) is 0 Å². The number of aromatic nitrogens is 2. The molecule has 0 aromatic carbocycles. The second-order valence-corrected chi connectivity index (χ2v) is 6.12. The molecule has 0 saturated heterocycles. The van der Waals surface area contributed by atoms with E-state index in [2.05, 4.69) is 4.98 Å². The molecule has 0 aliphatic rings. The van der Waals surface area contributed by atoms with Gasteiger partial charge in [-0.15, -0.1) is 0 Å². The van der Waals surface area contributed by atoms with Crippen molar-refractivity contribution in [1.29, 1.82) is 0 Å². The monoisotopic (exact) mass is 344 g/mol. The molecular weight excluding hydrogens is 336 g/mol. The fourth-order valence-electron chi connectivity index (χ4n) is 0.660. The molecule has 0 radical (unpaired) electrons. The van der Waals surface area contributed by atoms with Gasteiger partial charge in [0.05, 0.1) is 7.05 Å². The van der Waals surface area contributed by atoms with Crippen LogP contribution in [0.4, 0.5) is 17.6 Å². The molecule has 1 rings (SSSR count). The Kier molecular flexibility index (Phi) is 5.28. The van der Waals surface area contributed by atoms with Crippen LogP contribution in [-0.4, -0.2) is 41.4 Å². The molecule has 1 aromatic heterocycles. The van der Waals surface area contributed by atoms with E-state index >= 15 is 0 Å². The number of halogens is 4. The van der Waals surface area contributed by atoms with Gasteiger partial charge in [-0.1, -0.05) is 0 Å². The zero-order valence-electron chi connectivity index (χ0n) is 9.50. The van der Waals surface area contributed by atoms with Crippen molar-refractivity contribution >= 4 is 20.2 Å². The zero-order valence-corrected chi connectivity index (χ0v) is 11.1. The van der Waals surface area contributed by atoms with Gasteiger partial charge in [-0.3, -0.25) is 9.54 Å². The predicted molar refractivity (Wildman–Crippen MR) is 53.1 cm³/mol. The quantitative estimate of drug-likeness (QED) is 0.429. The number of aryl methyl sites for hydroxylation is 1. The van der Waals surface area contributed by atoms with Crippen LogP contribution in [0, 0.1) is 0 Å². The third-order valence-corrected chi connectivity index (χ3v) is 3.58. The minimum Gasteiger partial charge on any atom is -0.743 e. The van der Waals surface area contributed by atoms with Gasteiger partial charge in [0.2, 0.25) is 6.33 Å². The lowest BCUT2D eigenvalue weighted by Gasteiger charge is -2.25. The molecule has 1 heterocycles. The van der Waals surface area contributed by atoms with E-state index in [0.29, 0.717) is 0 Å². The highest BCUT2D eigenvalue weighted by atomic mass is 32.2. The van der Waals surface area contributed by atoms with Gasteiger partial charge >= 0.3 is 20.6 Å². The summed E-state index contributed by atoms with van der Waals surface area (Å²) in [4.78, 5) is 2.89. The van der Waals surface area contributed by atoms with Gasteiger partial charge in [0.15, 0.2) is 10.1 Å². The summed E-state index contributed by atoms with van der Waals surface area (Å²) >= 11 is 0. The minimum absolute atomic E-state index is 1.88. The van der Waals surface area contributed by atoms with Gasteiger partial charge < -0.3 is 4.55 Å². The van der Waals surface area contributed by atoms with Gasteiger partial charge in [0.1, 0.15) is 12.4 Å². The molecule has 2 N–H and O–H groups in total. The van der Waals surface area contributed by atoms with Crippen molar-refractivity contribution in [1.82, 2.24) is 4.98 Å². The van der Waals surface area contributed by atoms with Crippen molar-refractivity contribution < 1.29 is 48.1 Å². The summed E-state index contributed by atoms with van der Waals surface area (Å²) < 4.78 is 106. The number of H-pyrrole nitrogens is 1. The first-order valence-electron chi connectivity index (χ1n) is 4.30. The number of nitrogens with one attached hydrogen (secondary N) is 1. The largest absolute Gasteiger partial charge is 0.743 e. The molecular formula is C6H8F4N2O6S2.